The SMILES string of the molecule is Cl.Cl.N#Cc1cnccn1. The molecule has 1 rings (SSSR count). The van der Waals surface area contributed by atoms with Crippen molar-refractivity contribution in [2.75, 3.05) is 0 Å². The van der Waals surface area contributed by atoms with Crippen molar-refractivity contribution >= 4 is 24.8 Å². The molecule has 0 N–H and O–H groups in total. The first-order chi connectivity index (χ1) is 3.93. The molecule has 1 aromatic rings. The van der Waals surface area contributed by atoms with Gasteiger partial charge in [0.15, 0.2) is 5.69 Å². The second-order valence-electron chi connectivity index (χ2n) is 1.20. The van der Waals surface area contributed by atoms with Crippen LogP contribution in [0.25, 0.3) is 0 Å². The number of rotatable bonds is 0. The molecule has 0 aliphatic rings. The maximum Gasteiger partial charge on any atom is 0.158 e. The van der Waals surface area contributed by atoms with E-state index < -0.39 is 0 Å². The summed E-state index contributed by atoms with van der Waals surface area (Å²) in [6.07, 6.45) is 4.43. The first kappa shape index (κ1) is 11.9. The first-order valence-corrected chi connectivity index (χ1v) is 2.09. The van der Waals surface area contributed by atoms with E-state index in [-0.39, 0.29) is 24.8 Å². The Labute approximate surface area is 70.9 Å². The molecular weight excluding hydrogens is 173 g/mol. The third-order valence-electron chi connectivity index (χ3n) is 0.678. The summed E-state index contributed by atoms with van der Waals surface area (Å²) in [4.78, 5) is 7.34. The number of hydrogen-bond donors (Lipinski definition) is 0. The summed E-state index contributed by atoms with van der Waals surface area (Å²) in [7, 11) is 0. The summed E-state index contributed by atoms with van der Waals surface area (Å²) in [6.45, 7) is 0. The highest BCUT2D eigenvalue weighted by atomic mass is 35.5. The molecule has 1 aromatic heterocycles. The largest absolute Gasteiger partial charge is 0.260 e. The highest BCUT2D eigenvalue weighted by molar-refractivity contribution is 5.85. The first-order valence-electron chi connectivity index (χ1n) is 2.09. The molecule has 10 heavy (non-hydrogen) atoms. The Hall–Kier alpha value is -0.850. The molecule has 0 aliphatic heterocycles. The molecule has 3 nitrogen and oxygen atoms in total. The Bertz CT molecular complexity index is 206. The fourth-order valence-electron chi connectivity index (χ4n) is 0.357. The zero-order chi connectivity index (χ0) is 5.82. The molecule has 0 saturated heterocycles. The molecule has 0 spiro atoms. The van der Waals surface area contributed by atoms with Gasteiger partial charge in [0.25, 0.3) is 0 Å². The minimum absolute atomic E-state index is 0. The van der Waals surface area contributed by atoms with E-state index in [0.717, 1.165) is 0 Å². The summed E-state index contributed by atoms with van der Waals surface area (Å²) in [5.41, 5.74) is 0.354. The lowest BCUT2D eigenvalue weighted by atomic mass is 10.5. The standard InChI is InChI=1S/C5H3N3.2ClH/c6-3-5-4-7-1-2-8-5;;/h1-2,4H;2*1H. The molecule has 54 valence electrons. The Morgan fingerprint density at radius 2 is 2.00 bits per heavy atom. The van der Waals surface area contributed by atoms with Crippen molar-refractivity contribution in [1.82, 2.24) is 9.97 Å². The number of nitriles is 1. The fourth-order valence-corrected chi connectivity index (χ4v) is 0.357. The van der Waals surface area contributed by atoms with Crippen molar-refractivity contribution in [2.24, 2.45) is 0 Å². The quantitative estimate of drug-likeness (QED) is 0.599. The molecule has 0 amide bonds. The van der Waals surface area contributed by atoms with E-state index in [2.05, 4.69) is 9.97 Å². The predicted molar refractivity (Wildman–Crippen MR) is 41.2 cm³/mol. The van der Waals surface area contributed by atoms with Crippen molar-refractivity contribution in [3.8, 4) is 6.07 Å². The highest BCUT2D eigenvalue weighted by Crippen LogP contribution is 1.82. The Balaban J connectivity index is 0. The molecular formula is C5H5Cl2N3. The van der Waals surface area contributed by atoms with Gasteiger partial charge in [-0.05, 0) is 0 Å². The zero-order valence-electron chi connectivity index (χ0n) is 4.89. The van der Waals surface area contributed by atoms with Gasteiger partial charge in [-0.2, -0.15) is 5.26 Å². The van der Waals surface area contributed by atoms with Crippen molar-refractivity contribution in [1.29, 1.82) is 5.26 Å². The number of hydrogen-bond acceptors (Lipinski definition) is 3. The molecule has 5 heteroatoms. The second kappa shape index (κ2) is 6.27. The van der Waals surface area contributed by atoms with Crippen molar-refractivity contribution in [2.45, 2.75) is 0 Å². The van der Waals surface area contributed by atoms with Crippen LogP contribution in [0, 0.1) is 11.3 Å². The monoisotopic (exact) mass is 177 g/mol. The van der Waals surface area contributed by atoms with E-state index in [4.69, 9.17) is 5.26 Å². The van der Waals surface area contributed by atoms with Crippen LogP contribution >= 0.6 is 24.8 Å². The molecule has 0 fully saturated rings. The number of halogens is 2. The van der Waals surface area contributed by atoms with Crippen molar-refractivity contribution < 1.29 is 0 Å². The third kappa shape index (κ3) is 3.23. The Morgan fingerprint density at radius 3 is 2.30 bits per heavy atom. The van der Waals surface area contributed by atoms with Crippen LogP contribution in [0.5, 0.6) is 0 Å². The van der Waals surface area contributed by atoms with Crippen molar-refractivity contribution in [3.05, 3.63) is 24.3 Å². The van der Waals surface area contributed by atoms with Gasteiger partial charge in [0.1, 0.15) is 6.07 Å². The van der Waals surface area contributed by atoms with Gasteiger partial charge >= 0.3 is 0 Å². The highest BCUT2D eigenvalue weighted by Gasteiger charge is 1.82. The summed E-state index contributed by atoms with van der Waals surface area (Å²) in [5.74, 6) is 0. The molecule has 0 aromatic carbocycles. The second-order valence-corrected chi connectivity index (χ2v) is 1.20. The zero-order valence-corrected chi connectivity index (χ0v) is 6.52. The van der Waals surface area contributed by atoms with E-state index in [1.165, 1.54) is 18.6 Å². The Kier molecular flexibility index (Phi) is 7.46. The minimum Gasteiger partial charge on any atom is -0.260 e. The van der Waals surface area contributed by atoms with Gasteiger partial charge in [0.2, 0.25) is 0 Å². The van der Waals surface area contributed by atoms with E-state index in [1.807, 2.05) is 6.07 Å². The van der Waals surface area contributed by atoms with Crippen LogP contribution < -0.4 is 0 Å². The summed E-state index contributed by atoms with van der Waals surface area (Å²) in [6, 6.07) is 1.85. The minimum atomic E-state index is 0. The van der Waals surface area contributed by atoms with Gasteiger partial charge < -0.3 is 0 Å². The molecule has 0 bridgehead atoms. The van der Waals surface area contributed by atoms with Crippen LogP contribution in [-0.2, 0) is 0 Å². The normalized spacial score (nSPS) is 6.30. The number of aromatic nitrogens is 2. The van der Waals surface area contributed by atoms with Crippen LogP contribution in [0.1, 0.15) is 5.69 Å². The lowest BCUT2D eigenvalue weighted by Gasteiger charge is -1.79. The summed E-state index contributed by atoms with van der Waals surface area (Å²) < 4.78 is 0. The predicted octanol–water partition coefficient (Wildman–Crippen LogP) is 1.19. The smallest absolute Gasteiger partial charge is 0.158 e. The molecule has 0 unspecified atom stereocenters. The van der Waals surface area contributed by atoms with E-state index in [0.29, 0.717) is 5.69 Å². The van der Waals surface area contributed by atoms with Gasteiger partial charge in [0, 0.05) is 12.4 Å². The Morgan fingerprint density at radius 1 is 1.30 bits per heavy atom. The lowest BCUT2D eigenvalue weighted by Crippen LogP contribution is -1.79. The molecule has 0 atom stereocenters. The van der Waals surface area contributed by atoms with Crippen LogP contribution in [0.2, 0.25) is 0 Å². The average Bonchev–Trinajstić information content (AvgIpc) is 1.90. The van der Waals surface area contributed by atoms with E-state index in [9.17, 15) is 0 Å². The topological polar surface area (TPSA) is 49.6 Å². The fraction of sp³-hybridized carbons (Fsp3) is 0. The molecule has 0 saturated carbocycles. The maximum absolute atomic E-state index is 8.19. The summed E-state index contributed by atoms with van der Waals surface area (Å²) >= 11 is 0. The van der Waals surface area contributed by atoms with Crippen LogP contribution in [0.4, 0.5) is 0 Å². The van der Waals surface area contributed by atoms with Gasteiger partial charge in [-0.15, -0.1) is 24.8 Å². The van der Waals surface area contributed by atoms with Crippen LogP contribution in [0.15, 0.2) is 18.6 Å². The van der Waals surface area contributed by atoms with Gasteiger partial charge in [-0.25, -0.2) is 4.98 Å². The van der Waals surface area contributed by atoms with Crippen molar-refractivity contribution in [3.63, 3.8) is 0 Å². The molecule has 0 radical (unpaired) electrons. The van der Waals surface area contributed by atoms with Crippen LogP contribution in [-0.4, -0.2) is 9.97 Å². The number of nitrogens with zero attached hydrogens (tertiary/aromatic N) is 3. The maximum atomic E-state index is 8.19. The molecule has 1 heterocycles. The van der Waals surface area contributed by atoms with Gasteiger partial charge in [-0.1, -0.05) is 0 Å². The average molecular weight is 178 g/mol. The van der Waals surface area contributed by atoms with Crippen LogP contribution in [0.3, 0.4) is 0 Å². The lowest BCUT2D eigenvalue weighted by molar-refractivity contribution is 1.16. The third-order valence-corrected chi connectivity index (χ3v) is 0.678. The molecule has 0 aliphatic carbocycles. The van der Waals surface area contributed by atoms with E-state index in [1.54, 1.807) is 0 Å². The summed E-state index contributed by atoms with van der Waals surface area (Å²) in [5, 5.41) is 8.19. The van der Waals surface area contributed by atoms with Gasteiger partial charge in [0.05, 0.1) is 6.20 Å². The van der Waals surface area contributed by atoms with E-state index >= 15 is 0 Å². The van der Waals surface area contributed by atoms with Gasteiger partial charge in [-0.3, -0.25) is 4.98 Å².